The Morgan fingerprint density at radius 3 is 2.60 bits per heavy atom. The van der Waals surface area contributed by atoms with Gasteiger partial charge < -0.3 is 20.4 Å². The van der Waals surface area contributed by atoms with Gasteiger partial charge in [-0.2, -0.15) is 0 Å². The van der Waals surface area contributed by atoms with Crippen molar-refractivity contribution in [3.05, 3.63) is 23.6 Å². The molecule has 1 aliphatic carbocycles. The second-order valence-electron chi connectivity index (χ2n) is 1.77. The summed E-state index contributed by atoms with van der Waals surface area (Å²) < 4.78 is 0. The van der Waals surface area contributed by atoms with Gasteiger partial charge in [0.15, 0.2) is 0 Å². The van der Waals surface area contributed by atoms with Crippen LogP contribution < -0.4 is 5.73 Å². The maximum atomic E-state index is 10.5. The van der Waals surface area contributed by atoms with E-state index in [0.717, 1.165) is 6.08 Å². The van der Waals surface area contributed by atoms with Crippen molar-refractivity contribution in [3.8, 4) is 0 Å². The number of aliphatic hydroxyl groups excluding tert-OH is 1. The summed E-state index contributed by atoms with van der Waals surface area (Å²) in [5, 5.41) is 8.71. The SMILES string of the molecule is NC1=CC(=O)C(=O)[C-]=C1O. The van der Waals surface area contributed by atoms with Gasteiger partial charge in [-0.05, 0) is 5.70 Å². The number of aliphatic hydroxyl groups is 1. The van der Waals surface area contributed by atoms with Crippen molar-refractivity contribution < 1.29 is 14.7 Å². The smallest absolute Gasteiger partial charge is 0.117 e. The molecule has 0 amide bonds. The second kappa shape index (κ2) is 1.98. The topological polar surface area (TPSA) is 80.4 Å². The fraction of sp³-hybridized carbons (Fsp3) is 0. The van der Waals surface area contributed by atoms with E-state index >= 15 is 0 Å². The third-order valence-electron chi connectivity index (χ3n) is 1.02. The van der Waals surface area contributed by atoms with Gasteiger partial charge >= 0.3 is 0 Å². The molecule has 0 aromatic carbocycles. The van der Waals surface area contributed by atoms with E-state index in [-0.39, 0.29) is 5.70 Å². The average molecular weight is 138 g/mol. The van der Waals surface area contributed by atoms with Crippen molar-refractivity contribution in [2.45, 2.75) is 0 Å². The first-order valence-electron chi connectivity index (χ1n) is 2.50. The number of hydrogen-bond acceptors (Lipinski definition) is 4. The molecule has 0 heterocycles. The molecule has 10 heavy (non-hydrogen) atoms. The Morgan fingerprint density at radius 2 is 2.10 bits per heavy atom. The van der Waals surface area contributed by atoms with Gasteiger partial charge in [0, 0.05) is 5.76 Å². The molecule has 0 aromatic heterocycles. The van der Waals surface area contributed by atoms with Crippen molar-refractivity contribution >= 4 is 11.6 Å². The van der Waals surface area contributed by atoms with Crippen molar-refractivity contribution in [2.24, 2.45) is 5.73 Å². The van der Waals surface area contributed by atoms with Crippen LogP contribution in [0.2, 0.25) is 0 Å². The highest BCUT2D eigenvalue weighted by Gasteiger charge is 2.05. The molecule has 4 heteroatoms. The van der Waals surface area contributed by atoms with E-state index in [4.69, 9.17) is 10.8 Å². The molecule has 1 aliphatic rings. The lowest BCUT2D eigenvalue weighted by molar-refractivity contribution is -0.131. The van der Waals surface area contributed by atoms with E-state index < -0.39 is 17.3 Å². The number of Topliss-reactive ketones (excluding diaryl/α,β-unsaturated/α-hetero) is 1. The zero-order valence-electron chi connectivity index (χ0n) is 4.92. The molecule has 0 saturated carbocycles. The van der Waals surface area contributed by atoms with E-state index in [9.17, 15) is 9.59 Å². The first kappa shape index (κ1) is 6.54. The van der Waals surface area contributed by atoms with Gasteiger partial charge in [0.1, 0.15) is 11.6 Å². The van der Waals surface area contributed by atoms with Gasteiger partial charge in [-0.25, -0.2) is 0 Å². The van der Waals surface area contributed by atoms with Crippen molar-refractivity contribution in [3.63, 3.8) is 0 Å². The summed E-state index contributed by atoms with van der Waals surface area (Å²) >= 11 is 0. The minimum Gasteiger partial charge on any atom is -0.532 e. The summed E-state index contributed by atoms with van der Waals surface area (Å²) in [5.41, 5.74) is 4.95. The zero-order chi connectivity index (χ0) is 7.72. The lowest BCUT2D eigenvalue weighted by atomic mass is 10.1. The van der Waals surface area contributed by atoms with Crippen LogP contribution in [-0.4, -0.2) is 16.7 Å². The molecule has 0 unspecified atom stereocenters. The number of allylic oxidation sites excluding steroid dienone is 2. The van der Waals surface area contributed by atoms with Crippen LogP contribution >= 0.6 is 0 Å². The highest BCUT2D eigenvalue weighted by molar-refractivity contribution is 6.45. The number of carbonyl (C=O) groups excluding carboxylic acids is 2. The van der Waals surface area contributed by atoms with Crippen LogP contribution in [0.1, 0.15) is 0 Å². The first-order valence-corrected chi connectivity index (χ1v) is 2.50. The highest BCUT2D eigenvalue weighted by Crippen LogP contribution is 2.04. The minimum absolute atomic E-state index is 0.121. The lowest BCUT2D eigenvalue weighted by Gasteiger charge is -2.12. The second-order valence-corrected chi connectivity index (χ2v) is 1.77. The summed E-state index contributed by atoms with van der Waals surface area (Å²) in [4.78, 5) is 20.9. The molecule has 0 atom stereocenters. The molecule has 1 rings (SSSR count). The largest absolute Gasteiger partial charge is 0.532 e. The predicted octanol–water partition coefficient (Wildman–Crippen LogP) is -0.774. The normalized spacial score (nSPS) is 18.4. The van der Waals surface area contributed by atoms with E-state index in [1.54, 1.807) is 0 Å². The average Bonchev–Trinajstić information content (AvgIpc) is 1.84. The first-order chi connectivity index (χ1) is 4.61. The summed E-state index contributed by atoms with van der Waals surface area (Å²) in [7, 11) is 0. The van der Waals surface area contributed by atoms with Crippen LogP contribution in [0, 0.1) is 6.08 Å². The summed E-state index contributed by atoms with van der Waals surface area (Å²) in [5.74, 6) is -2.09. The van der Waals surface area contributed by atoms with Crippen molar-refractivity contribution in [1.82, 2.24) is 0 Å². The van der Waals surface area contributed by atoms with Gasteiger partial charge in [-0.1, -0.05) is 12.2 Å². The Bertz CT molecular complexity index is 234. The maximum absolute atomic E-state index is 10.5. The molecular formula is C6H4NO3-. The monoisotopic (exact) mass is 138 g/mol. The molecule has 0 aromatic rings. The Hall–Kier alpha value is -1.58. The summed E-state index contributed by atoms with van der Waals surface area (Å²) in [6.07, 6.45) is 2.74. The maximum Gasteiger partial charge on any atom is 0.117 e. The fourth-order valence-corrected chi connectivity index (χ4v) is 0.516. The zero-order valence-corrected chi connectivity index (χ0v) is 4.92. The van der Waals surface area contributed by atoms with Gasteiger partial charge in [0.25, 0.3) is 0 Å². The third-order valence-corrected chi connectivity index (χ3v) is 1.02. The van der Waals surface area contributed by atoms with Crippen LogP contribution in [0.3, 0.4) is 0 Å². The van der Waals surface area contributed by atoms with Crippen molar-refractivity contribution in [1.29, 1.82) is 0 Å². The Morgan fingerprint density at radius 1 is 1.50 bits per heavy atom. The fourth-order valence-electron chi connectivity index (χ4n) is 0.516. The summed E-state index contributed by atoms with van der Waals surface area (Å²) in [6, 6.07) is 0. The molecule has 0 spiro atoms. The third kappa shape index (κ3) is 0.907. The number of rotatable bonds is 0. The van der Waals surface area contributed by atoms with Crippen LogP contribution in [0.4, 0.5) is 0 Å². The molecule has 0 saturated heterocycles. The minimum atomic E-state index is -0.869. The van der Waals surface area contributed by atoms with Gasteiger partial charge in [-0.15, -0.1) is 0 Å². The number of ketones is 2. The molecule has 0 fully saturated rings. The molecule has 0 radical (unpaired) electrons. The van der Waals surface area contributed by atoms with Gasteiger partial charge in [-0.3, -0.25) is 0 Å². The van der Waals surface area contributed by atoms with Gasteiger partial charge in [0.05, 0.1) is 0 Å². The van der Waals surface area contributed by atoms with Crippen LogP contribution in [0.15, 0.2) is 17.5 Å². The highest BCUT2D eigenvalue weighted by atomic mass is 16.3. The Labute approximate surface area is 56.6 Å². The van der Waals surface area contributed by atoms with Gasteiger partial charge in [0.2, 0.25) is 0 Å². The van der Waals surface area contributed by atoms with Crippen LogP contribution in [-0.2, 0) is 9.59 Å². The molecule has 52 valence electrons. The van der Waals surface area contributed by atoms with E-state index in [1.807, 2.05) is 6.08 Å². The van der Waals surface area contributed by atoms with E-state index in [1.165, 1.54) is 0 Å². The Balaban J connectivity index is 3.06. The predicted molar refractivity (Wildman–Crippen MR) is 31.7 cm³/mol. The molecule has 0 aliphatic heterocycles. The van der Waals surface area contributed by atoms with Crippen LogP contribution in [0.5, 0.6) is 0 Å². The Kier molecular flexibility index (Phi) is 1.30. The number of carbonyl (C=O) groups is 2. The molecule has 4 nitrogen and oxygen atoms in total. The van der Waals surface area contributed by atoms with E-state index in [0.29, 0.717) is 0 Å². The lowest BCUT2D eigenvalue weighted by Crippen LogP contribution is -2.18. The van der Waals surface area contributed by atoms with Crippen LogP contribution in [0.25, 0.3) is 0 Å². The summed E-state index contributed by atoms with van der Waals surface area (Å²) in [6.45, 7) is 0. The number of nitrogens with two attached hydrogens (primary N) is 1. The molecular weight excluding hydrogens is 134 g/mol. The standard InChI is InChI=1S/C6H4NO3/c7-3-1-5(9)6(10)2-4(3)8/h1,8H,7H2/q-1. The quantitative estimate of drug-likeness (QED) is 0.261. The molecule has 0 bridgehead atoms. The van der Waals surface area contributed by atoms with E-state index in [2.05, 4.69) is 0 Å². The molecule has 3 N–H and O–H groups in total. The van der Waals surface area contributed by atoms with Crippen molar-refractivity contribution in [2.75, 3.05) is 0 Å². The number of hydrogen-bond donors (Lipinski definition) is 2.